The number of rotatable bonds is 3. The summed E-state index contributed by atoms with van der Waals surface area (Å²) in [4.78, 5) is 25.0. The zero-order valence-corrected chi connectivity index (χ0v) is 14.0. The van der Waals surface area contributed by atoms with Crippen molar-refractivity contribution in [1.82, 2.24) is 9.88 Å². The van der Waals surface area contributed by atoms with Crippen molar-refractivity contribution in [1.29, 1.82) is 5.41 Å². The van der Waals surface area contributed by atoms with Gasteiger partial charge in [-0.05, 0) is 12.1 Å². The Bertz CT molecular complexity index is 1140. The van der Waals surface area contributed by atoms with Gasteiger partial charge in [-0.15, -0.1) is 0 Å². The van der Waals surface area contributed by atoms with E-state index in [2.05, 4.69) is 5.32 Å². The first kappa shape index (κ1) is 15.8. The van der Waals surface area contributed by atoms with Crippen LogP contribution < -0.4 is 11.1 Å². The number of carbonyl (C=O) groups is 2. The van der Waals surface area contributed by atoms with E-state index in [1.807, 2.05) is 35.9 Å². The molecular formula is C20H16N4O2. The number of amides is 2. The number of nitrogen functional groups attached to an aromatic ring is 1. The Morgan fingerprint density at radius 1 is 1.04 bits per heavy atom. The van der Waals surface area contributed by atoms with Crippen LogP contribution in [0.4, 0.5) is 5.69 Å². The highest BCUT2D eigenvalue weighted by molar-refractivity contribution is 6.47. The summed E-state index contributed by atoms with van der Waals surface area (Å²) in [6, 6.07) is 14.5. The van der Waals surface area contributed by atoms with Gasteiger partial charge < -0.3 is 10.3 Å². The molecule has 3 aromatic rings. The van der Waals surface area contributed by atoms with Crippen molar-refractivity contribution in [3.63, 3.8) is 0 Å². The fourth-order valence-electron chi connectivity index (χ4n) is 3.35. The molecule has 0 saturated carbocycles. The van der Waals surface area contributed by atoms with Crippen LogP contribution in [0.3, 0.4) is 0 Å². The van der Waals surface area contributed by atoms with Crippen LogP contribution in [0.1, 0.15) is 11.1 Å². The first-order chi connectivity index (χ1) is 12.5. The lowest BCUT2D eigenvalue weighted by Gasteiger charge is -2.08. The smallest absolute Gasteiger partial charge is 0.261 e. The monoisotopic (exact) mass is 344 g/mol. The molecule has 0 saturated heterocycles. The van der Waals surface area contributed by atoms with Gasteiger partial charge in [0.25, 0.3) is 11.8 Å². The quantitative estimate of drug-likeness (QED) is 0.386. The second kappa shape index (κ2) is 5.70. The lowest BCUT2D eigenvalue weighted by molar-refractivity contribution is -0.123. The number of hydrogen-bond acceptors (Lipinski definition) is 4. The van der Waals surface area contributed by atoms with Gasteiger partial charge in [0.15, 0.2) is 0 Å². The van der Waals surface area contributed by atoms with Gasteiger partial charge in [0.1, 0.15) is 0 Å². The highest BCUT2D eigenvalue weighted by atomic mass is 16.2. The van der Waals surface area contributed by atoms with E-state index in [4.69, 9.17) is 11.1 Å². The Kier molecular flexibility index (Phi) is 3.47. The van der Waals surface area contributed by atoms with E-state index in [1.54, 1.807) is 30.5 Å². The molecule has 0 bridgehead atoms. The van der Waals surface area contributed by atoms with E-state index in [0.29, 0.717) is 16.8 Å². The van der Waals surface area contributed by atoms with Crippen LogP contribution in [0.5, 0.6) is 0 Å². The average Bonchev–Trinajstić information content (AvgIpc) is 3.11. The molecule has 0 atom stereocenters. The van der Waals surface area contributed by atoms with Crippen LogP contribution in [-0.2, 0) is 16.6 Å². The molecule has 128 valence electrons. The molecule has 2 aromatic carbocycles. The van der Waals surface area contributed by atoms with Crippen molar-refractivity contribution in [3.05, 3.63) is 71.4 Å². The Morgan fingerprint density at radius 2 is 1.73 bits per heavy atom. The zero-order valence-electron chi connectivity index (χ0n) is 14.0. The Hall–Kier alpha value is -3.67. The van der Waals surface area contributed by atoms with Gasteiger partial charge in [-0.2, -0.15) is 0 Å². The number of anilines is 1. The minimum Gasteiger partial charge on any atom is -0.398 e. The number of hydrogen-bond donors (Lipinski definition) is 3. The summed E-state index contributed by atoms with van der Waals surface area (Å²) >= 11 is 0. The molecule has 2 heterocycles. The highest BCUT2D eigenvalue weighted by Gasteiger charge is 2.35. The summed E-state index contributed by atoms with van der Waals surface area (Å²) in [6.45, 7) is 0. The Labute approximate surface area is 149 Å². The third kappa shape index (κ3) is 2.23. The van der Waals surface area contributed by atoms with Crippen molar-refractivity contribution in [2.75, 3.05) is 5.73 Å². The molecule has 1 aliphatic heterocycles. The summed E-state index contributed by atoms with van der Waals surface area (Å²) in [6.07, 6.45) is 1.81. The number of nitrogens with zero attached hydrogens (tertiary/aromatic N) is 1. The predicted molar refractivity (Wildman–Crippen MR) is 101 cm³/mol. The summed E-state index contributed by atoms with van der Waals surface area (Å²) in [7, 11) is 1.88. The third-order valence-corrected chi connectivity index (χ3v) is 4.58. The molecule has 0 radical (unpaired) electrons. The van der Waals surface area contributed by atoms with Gasteiger partial charge in [0, 0.05) is 41.0 Å². The van der Waals surface area contributed by atoms with E-state index in [9.17, 15) is 9.59 Å². The van der Waals surface area contributed by atoms with Gasteiger partial charge in [0.2, 0.25) is 0 Å². The van der Waals surface area contributed by atoms with Crippen LogP contribution in [-0.4, -0.2) is 22.1 Å². The maximum Gasteiger partial charge on any atom is 0.261 e. The van der Waals surface area contributed by atoms with Crippen LogP contribution in [0, 0.1) is 5.41 Å². The molecule has 4 rings (SSSR count). The van der Waals surface area contributed by atoms with Crippen molar-refractivity contribution in [2.45, 2.75) is 0 Å². The van der Waals surface area contributed by atoms with Gasteiger partial charge in [-0.1, -0.05) is 36.4 Å². The van der Waals surface area contributed by atoms with Crippen molar-refractivity contribution < 1.29 is 9.59 Å². The molecule has 6 nitrogen and oxygen atoms in total. The van der Waals surface area contributed by atoms with Crippen molar-refractivity contribution in [2.24, 2.45) is 7.05 Å². The maximum absolute atomic E-state index is 12.5. The van der Waals surface area contributed by atoms with E-state index < -0.39 is 11.8 Å². The summed E-state index contributed by atoms with van der Waals surface area (Å²) in [5, 5.41) is 11.7. The molecule has 26 heavy (non-hydrogen) atoms. The molecule has 4 N–H and O–H groups in total. The minimum atomic E-state index is -0.578. The number of nitrogens with one attached hydrogen (secondary N) is 2. The topological polar surface area (TPSA) is 101 Å². The van der Waals surface area contributed by atoms with Crippen LogP contribution in [0.2, 0.25) is 0 Å². The maximum atomic E-state index is 12.5. The molecule has 2 amide bonds. The normalized spacial score (nSPS) is 14.2. The number of carbonyl (C=O) groups excluding carboxylic acids is 2. The summed E-state index contributed by atoms with van der Waals surface area (Å²) in [5.41, 5.74) is 8.53. The SMILES string of the molecule is Cn1cc(C2=C(C(=N)c3ccccc3N)C(=O)NC2=O)c2ccccc21. The Balaban J connectivity index is 1.99. The lowest BCUT2D eigenvalue weighted by atomic mass is 9.94. The number of nitrogens with two attached hydrogens (primary N) is 1. The Morgan fingerprint density at radius 3 is 2.50 bits per heavy atom. The van der Waals surface area contributed by atoms with Gasteiger partial charge in [-0.3, -0.25) is 20.3 Å². The number of imide groups is 1. The molecule has 6 heteroatoms. The summed E-state index contributed by atoms with van der Waals surface area (Å²) < 4.78 is 1.89. The molecule has 1 aromatic heterocycles. The fraction of sp³-hybridized carbons (Fsp3) is 0.0500. The predicted octanol–water partition coefficient (Wildman–Crippen LogP) is 2.24. The largest absolute Gasteiger partial charge is 0.398 e. The zero-order chi connectivity index (χ0) is 18.4. The minimum absolute atomic E-state index is 0.0456. The van der Waals surface area contributed by atoms with Gasteiger partial charge in [-0.25, -0.2) is 0 Å². The first-order valence-electron chi connectivity index (χ1n) is 8.07. The van der Waals surface area contributed by atoms with Crippen molar-refractivity contribution >= 4 is 39.7 Å². The van der Waals surface area contributed by atoms with Gasteiger partial charge in [0.05, 0.1) is 16.9 Å². The first-order valence-corrected chi connectivity index (χ1v) is 8.07. The fourth-order valence-corrected chi connectivity index (χ4v) is 3.35. The van der Waals surface area contributed by atoms with E-state index in [1.165, 1.54) is 0 Å². The van der Waals surface area contributed by atoms with E-state index >= 15 is 0 Å². The summed E-state index contributed by atoms with van der Waals surface area (Å²) in [5.74, 6) is -1.08. The second-order valence-electron chi connectivity index (χ2n) is 6.17. The van der Waals surface area contributed by atoms with Crippen molar-refractivity contribution in [3.8, 4) is 0 Å². The molecule has 0 aliphatic carbocycles. The third-order valence-electron chi connectivity index (χ3n) is 4.58. The number of fused-ring (bicyclic) bond motifs is 1. The average molecular weight is 344 g/mol. The van der Waals surface area contributed by atoms with E-state index in [0.717, 1.165) is 10.9 Å². The molecule has 0 unspecified atom stereocenters. The molecule has 0 spiro atoms. The number of benzene rings is 2. The molecular weight excluding hydrogens is 328 g/mol. The second-order valence-corrected chi connectivity index (χ2v) is 6.17. The number of para-hydroxylation sites is 2. The van der Waals surface area contributed by atoms with Gasteiger partial charge >= 0.3 is 0 Å². The standard InChI is InChI=1S/C20H16N4O2/c1-24-10-13(11-6-3-5-9-15(11)24)16-17(20(26)23-19(16)25)18(22)12-7-2-4-8-14(12)21/h2-10,22H,21H2,1H3,(H,23,25,26). The van der Waals surface area contributed by atoms with Crippen LogP contribution in [0.15, 0.2) is 60.3 Å². The number of aromatic nitrogens is 1. The highest BCUT2D eigenvalue weighted by Crippen LogP contribution is 2.33. The molecule has 1 aliphatic rings. The lowest BCUT2D eigenvalue weighted by Crippen LogP contribution is -2.25. The van der Waals surface area contributed by atoms with E-state index in [-0.39, 0.29) is 16.9 Å². The number of aryl methyl sites for hydroxylation is 1. The van der Waals surface area contributed by atoms with Crippen LogP contribution in [0.25, 0.3) is 16.5 Å². The molecule has 0 fully saturated rings. The van der Waals surface area contributed by atoms with Crippen LogP contribution >= 0.6 is 0 Å².